The number of nitrogens with zero attached hydrogens (tertiary/aromatic N) is 2. The van der Waals surface area contributed by atoms with Gasteiger partial charge in [-0.15, -0.1) is 24.0 Å². The summed E-state index contributed by atoms with van der Waals surface area (Å²) in [5.41, 5.74) is 1.15. The van der Waals surface area contributed by atoms with Gasteiger partial charge in [0.15, 0.2) is 17.5 Å². The fourth-order valence-electron chi connectivity index (χ4n) is 2.42. The van der Waals surface area contributed by atoms with Crippen molar-refractivity contribution < 1.29 is 14.3 Å². The minimum absolute atomic E-state index is 0. The smallest absolute Gasteiger partial charge is 0.243 e. The van der Waals surface area contributed by atoms with Crippen LogP contribution in [0, 0.1) is 0 Å². The van der Waals surface area contributed by atoms with Gasteiger partial charge in [0.05, 0.1) is 13.2 Å². The first-order chi connectivity index (χ1) is 13.5. The summed E-state index contributed by atoms with van der Waals surface area (Å²) in [5, 5.41) is 6.59. The summed E-state index contributed by atoms with van der Waals surface area (Å²) in [6.45, 7) is 8.93. The van der Waals surface area contributed by atoms with Crippen LogP contribution in [-0.4, -0.2) is 63.7 Å². The Balaban J connectivity index is 0.00000784. The van der Waals surface area contributed by atoms with E-state index in [0.717, 1.165) is 42.9 Å². The number of benzene rings is 1. The minimum atomic E-state index is -0.0236. The molecule has 0 heterocycles. The number of hydrogen-bond donors (Lipinski definition) is 2. The predicted molar refractivity (Wildman–Crippen MR) is 130 cm³/mol. The van der Waals surface area contributed by atoms with E-state index >= 15 is 0 Å². The van der Waals surface area contributed by atoms with E-state index < -0.39 is 0 Å². The van der Waals surface area contributed by atoms with Gasteiger partial charge in [-0.25, -0.2) is 4.99 Å². The Morgan fingerprint density at radius 2 is 1.69 bits per heavy atom. The second kappa shape index (κ2) is 16.1. The second-order valence-corrected chi connectivity index (χ2v) is 6.56. The Morgan fingerprint density at radius 3 is 2.31 bits per heavy atom. The molecule has 1 aromatic rings. The normalized spacial score (nSPS) is 10.7. The van der Waals surface area contributed by atoms with E-state index in [0.29, 0.717) is 25.7 Å². The van der Waals surface area contributed by atoms with Crippen molar-refractivity contribution in [2.45, 2.75) is 40.0 Å². The van der Waals surface area contributed by atoms with Gasteiger partial charge >= 0.3 is 0 Å². The summed E-state index contributed by atoms with van der Waals surface area (Å²) in [4.78, 5) is 17.7. The maximum atomic E-state index is 11.8. The Hall–Kier alpha value is -1.71. The molecule has 8 heteroatoms. The van der Waals surface area contributed by atoms with Crippen molar-refractivity contribution in [3.05, 3.63) is 23.8 Å². The highest BCUT2D eigenvalue weighted by Gasteiger charge is 2.07. The van der Waals surface area contributed by atoms with Crippen LogP contribution in [0.1, 0.15) is 39.2 Å². The summed E-state index contributed by atoms with van der Waals surface area (Å²) in [7, 11) is 3.47. The number of amides is 1. The second-order valence-electron chi connectivity index (χ2n) is 6.56. The Morgan fingerprint density at radius 1 is 1.03 bits per heavy atom. The maximum absolute atomic E-state index is 11.8. The molecule has 166 valence electrons. The Labute approximate surface area is 192 Å². The van der Waals surface area contributed by atoms with Crippen molar-refractivity contribution in [3.8, 4) is 11.5 Å². The fraction of sp³-hybridized carbons (Fsp3) is 0.619. The summed E-state index contributed by atoms with van der Waals surface area (Å²) < 4.78 is 11.3. The molecule has 2 N–H and O–H groups in total. The van der Waals surface area contributed by atoms with Crippen LogP contribution in [0.15, 0.2) is 23.2 Å². The highest BCUT2D eigenvalue weighted by Crippen LogP contribution is 2.28. The van der Waals surface area contributed by atoms with Gasteiger partial charge in [-0.3, -0.25) is 4.79 Å². The number of unbranched alkanes of at least 4 members (excludes halogenated alkanes) is 1. The van der Waals surface area contributed by atoms with E-state index in [9.17, 15) is 4.79 Å². The number of carbonyl (C=O) groups is 1. The van der Waals surface area contributed by atoms with Crippen molar-refractivity contribution in [1.82, 2.24) is 15.5 Å². The molecule has 0 atom stereocenters. The van der Waals surface area contributed by atoms with Crippen molar-refractivity contribution >= 4 is 35.8 Å². The first-order valence-electron chi connectivity index (χ1n) is 10.1. The molecule has 0 spiro atoms. The number of carbonyl (C=O) groups excluding carboxylic acids is 1. The Kier molecular flexibility index (Phi) is 15.2. The number of nitrogens with one attached hydrogen (secondary N) is 2. The lowest BCUT2D eigenvalue weighted by atomic mass is 10.1. The van der Waals surface area contributed by atoms with E-state index in [2.05, 4.69) is 22.5 Å². The van der Waals surface area contributed by atoms with Gasteiger partial charge in [-0.2, -0.15) is 0 Å². The van der Waals surface area contributed by atoms with E-state index in [1.807, 2.05) is 32.0 Å². The van der Waals surface area contributed by atoms with Gasteiger partial charge in [0, 0.05) is 27.2 Å². The van der Waals surface area contributed by atoms with Crippen LogP contribution in [0.3, 0.4) is 0 Å². The Bertz CT molecular complexity index is 624. The van der Waals surface area contributed by atoms with Gasteiger partial charge in [-0.1, -0.05) is 19.4 Å². The van der Waals surface area contributed by atoms with Crippen LogP contribution in [0.2, 0.25) is 0 Å². The topological polar surface area (TPSA) is 75.2 Å². The standard InChI is InChI=1S/C21H36N4O3.HI/c1-6-9-13-22-21(24-16-20(26)25(4)5)23-14-12-17-10-11-18(27-7-2)19(15-17)28-8-3;/h10-11,15H,6-9,12-14,16H2,1-5H3,(H2,22,23,24);1H. The molecule has 0 aliphatic heterocycles. The molecule has 1 aromatic carbocycles. The number of likely N-dealkylation sites (N-methyl/N-ethyl adjacent to an activating group) is 1. The van der Waals surface area contributed by atoms with E-state index in [1.165, 1.54) is 0 Å². The molecule has 0 unspecified atom stereocenters. The van der Waals surface area contributed by atoms with Gasteiger partial charge in [0.1, 0.15) is 6.54 Å². The van der Waals surface area contributed by atoms with E-state index in [4.69, 9.17) is 9.47 Å². The first kappa shape index (κ1) is 27.3. The number of ether oxygens (including phenoxy) is 2. The van der Waals surface area contributed by atoms with Crippen molar-refractivity contribution in [2.24, 2.45) is 4.99 Å². The summed E-state index contributed by atoms with van der Waals surface area (Å²) in [6, 6.07) is 6.02. The zero-order valence-electron chi connectivity index (χ0n) is 18.4. The number of aliphatic imine (C=N–C) groups is 1. The molecule has 0 saturated heterocycles. The first-order valence-corrected chi connectivity index (χ1v) is 10.1. The lowest BCUT2D eigenvalue weighted by Gasteiger charge is -2.15. The van der Waals surface area contributed by atoms with E-state index in [1.54, 1.807) is 19.0 Å². The van der Waals surface area contributed by atoms with Crippen molar-refractivity contribution in [2.75, 3.05) is 46.9 Å². The summed E-state index contributed by atoms with van der Waals surface area (Å²) in [5.74, 6) is 2.18. The molecule has 0 bridgehead atoms. The monoisotopic (exact) mass is 520 g/mol. The van der Waals surface area contributed by atoms with Gasteiger partial charge in [-0.05, 0) is 44.4 Å². The van der Waals surface area contributed by atoms with Gasteiger partial charge in [0.25, 0.3) is 0 Å². The average molecular weight is 520 g/mol. The quantitative estimate of drug-likeness (QED) is 0.192. The zero-order valence-corrected chi connectivity index (χ0v) is 20.7. The third kappa shape index (κ3) is 11.2. The minimum Gasteiger partial charge on any atom is -0.490 e. The molecule has 7 nitrogen and oxygen atoms in total. The number of guanidine groups is 1. The highest BCUT2D eigenvalue weighted by molar-refractivity contribution is 14.0. The van der Waals surface area contributed by atoms with Crippen LogP contribution < -0.4 is 20.1 Å². The van der Waals surface area contributed by atoms with Crippen LogP contribution in [0.5, 0.6) is 11.5 Å². The number of hydrogen-bond acceptors (Lipinski definition) is 4. The maximum Gasteiger partial charge on any atom is 0.243 e. The molecular formula is C21H37IN4O3. The predicted octanol–water partition coefficient (Wildman–Crippen LogP) is 3.07. The third-order valence-electron chi connectivity index (χ3n) is 4.01. The average Bonchev–Trinajstić information content (AvgIpc) is 2.67. The highest BCUT2D eigenvalue weighted by atomic mass is 127. The van der Waals surface area contributed by atoms with Crippen LogP contribution in [0.25, 0.3) is 0 Å². The number of rotatable bonds is 12. The summed E-state index contributed by atoms with van der Waals surface area (Å²) in [6.07, 6.45) is 2.96. The van der Waals surface area contributed by atoms with Crippen molar-refractivity contribution in [3.63, 3.8) is 0 Å². The molecule has 0 saturated carbocycles. The fourth-order valence-corrected chi connectivity index (χ4v) is 2.42. The lowest BCUT2D eigenvalue weighted by molar-refractivity contribution is -0.127. The largest absolute Gasteiger partial charge is 0.490 e. The molecule has 0 radical (unpaired) electrons. The molecule has 0 aromatic heterocycles. The third-order valence-corrected chi connectivity index (χ3v) is 4.01. The summed E-state index contributed by atoms with van der Waals surface area (Å²) >= 11 is 0. The van der Waals surface area contributed by atoms with Crippen LogP contribution in [-0.2, 0) is 11.2 Å². The van der Waals surface area contributed by atoms with Crippen molar-refractivity contribution in [1.29, 1.82) is 0 Å². The van der Waals surface area contributed by atoms with E-state index in [-0.39, 0.29) is 36.4 Å². The molecular weight excluding hydrogens is 483 g/mol. The molecule has 0 aliphatic carbocycles. The molecule has 0 fully saturated rings. The number of halogens is 1. The SMILES string of the molecule is CCCCNC(=NCC(=O)N(C)C)NCCc1ccc(OCC)c(OCC)c1.I. The zero-order chi connectivity index (χ0) is 20.8. The molecule has 1 amide bonds. The van der Waals surface area contributed by atoms with Crippen LogP contribution >= 0.6 is 24.0 Å². The van der Waals surface area contributed by atoms with Gasteiger partial charge < -0.3 is 25.0 Å². The molecule has 0 aliphatic rings. The van der Waals surface area contributed by atoms with Gasteiger partial charge in [0.2, 0.25) is 5.91 Å². The molecule has 1 rings (SSSR count). The van der Waals surface area contributed by atoms with Crippen LogP contribution in [0.4, 0.5) is 0 Å². The lowest BCUT2D eigenvalue weighted by Crippen LogP contribution is -2.40. The molecule has 29 heavy (non-hydrogen) atoms.